The topological polar surface area (TPSA) is 97.0 Å². The van der Waals surface area contributed by atoms with Gasteiger partial charge in [-0.1, -0.05) is 30.0 Å². The van der Waals surface area contributed by atoms with Gasteiger partial charge in [-0.05, 0) is 44.9 Å². The van der Waals surface area contributed by atoms with Gasteiger partial charge in [0.15, 0.2) is 5.78 Å². The van der Waals surface area contributed by atoms with E-state index in [0.29, 0.717) is 5.56 Å². The van der Waals surface area contributed by atoms with Crippen LogP contribution < -0.4 is 15.5 Å². The molecule has 0 spiro atoms. The Morgan fingerprint density at radius 2 is 1.86 bits per heavy atom. The zero-order chi connectivity index (χ0) is 27.1. The van der Waals surface area contributed by atoms with Crippen molar-refractivity contribution in [2.24, 2.45) is 5.92 Å². The first-order valence-corrected chi connectivity index (χ1v) is 12.3. The van der Waals surface area contributed by atoms with Crippen LogP contribution in [0, 0.1) is 5.92 Å². The summed E-state index contributed by atoms with van der Waals surface area (Å²) < 4.78 is 61.3. The number of ether oxygens (including phenoxy) is 2. The summed E-state index contributed by atoms with van der Waals surface area (Å²) in [5.41, 5.74) is 2.40. The molecule has 13 heteroatoms. The van der Waals surface area contributed by atoms with Crippen molar-refractivity contribution in [2.75, 3.05) is 5.88 Å². The van der Waals surface area contributed by atoms with Crippen LogP contribution in [-0.2, 0) is 20.7 Å². The fraction of sp³-hybridized carbons (Fsp3) is 0.458. The zero-order valence-electron chi connectivity index (χ0n) is 20.1. The van der Waals surface area contributed by atoms with Crippen molar-refractivity contribution >= 4 is 29.5 Å². The van der Waals surface area contributed by atoms with Crippen LogP contribution in [0.4, 0.5) is 22.4 Å². The van der Waals surface area contributed by atoms with Crippen molar-refractivity contribution < 1.29 is 41.4 Å². The number of carbonyl (C=O) groups excluding carboxylic acids is 3. The number of Topliss-reactive ketones (excluding diaryl/α,β-unsaturated/α-hetero) is 1. The van der Waals surface area contributed by atoms with Crippen LogP contribution in [0.1, 0.15) is 32.8 Å². The molecular formula is C24H25F4N3O5S. The number of benzene rings is 1. The molecule has 0 aromatic heterocycles. The summed E-state index contributed by atoms with van der Waals surface area (Å²) >= 11 is 1.11. The first-order chi connectivity index (χ1) is 17.2. The Labute approximate surface area is 214 Å². The molecule has 1 aliphatic heterocycles. The van der Waals surface area contributed by atoms with Gasteiger partial charge in [0.2, 0.25) is 0 Å². The summed E-state index contributed by atoms with van der Waals surface area (Å²) in [6, 6.07) is 4.38. The van der Waals surface area contributed by atoms with E-state index in [9.17, 15) is 31.9 Å². The second-order valence-electron chi connectivity index (χ2n) is 9.76. The molecular weight excluding hydrogens is 518 g/mol. The van der Waals surface area contributed by atoms with E-state index >= 15 is 0 Å². The number of carbonyl (C=O) groups is 3. The molecule has 1 fully saturated rings. The van der Waals surface area contributed by atoms with Crippen molar-refractivity contribution in [1.82, 2.24) is 15.8 Å². The predicted molar refractivity (Wildman–Crippen MR) is 126 cm³/mol. The minimum Gasteiger partial charge on any atom is -0.443 e. The van der Waals surface area contributed by atoms with E-state index in [0.717, 1.165) is 11.8 Å². The average Bonchev–Trinajstić information content (AvgIpc) is 3.16. The van der Waals surface area contributed by atoms with Crippen LogP contribution in [-0.4, -0.2) is 52.8 Å². The van der Waals surface area contributed by atoms with Gasteiger partial charge in [-0.2, -0.15) is 8.78 Å². The summed E-state index contributed by atoms with van der Waals surface area (Å²) in [4.78, 5) is 39.1. The van der Waals surface area contributed by atoms with Crippen LogP contribution in [0.2, 0.25) is 0 Å². The zero-order valence-corrected chi connectivity index (χ0v) is 21.0. The number of hydrogen-bond acceptors (Lipinski definition) is 7. The molecule has 2 N–H and O–H groups in total. The van der Waals surface area contributed by atoms with E-state index in [1.165, 1.54) is 35.4 Å². The Morgan fingerprint density at radius 3 is 2.43 bits per heavy atom. The normalized spacial score (nSPS) is 22.4. The molecule has 0 bridgehead atoms. The standard InChI is InChI=1S/C24H25F4N3O5S/c1-23(2,3)36-22(34)30-31-11-37-19-15(20(33)29-16-10-24(16,27)28)9-13(18(32)17(19)31)8-12-4-6-14(7-5-12)35-21(25)26/h4-7,9,13,16,21H,8,10-11H2,1-3H3,(H,29,33)(H,30,34)/t13?,16-/m1/s1. The van der Waals surface area contributed by atoms with Crippen LogP contribution >= 0.6 is 11.8 Å². The summed E-state index contributed by atoms with van der Waals surface area (Å²) in [5.74, 6) is -4.99. The number of nitrogens with one attached hydrogen (secondary N) is 2. The lowest BCUT2D eigenvalue weighted by Gasteiger charge is -2.28. The van der Waals surface area contributed by atoms with Gasteiger partial charge in [-0.3, -0.25) is 14.6 Å². The van der Waals surface area contributed by atoms with Gasteiger partial charge in [-0.25, -0.2) is 19.0 Å². The molecule has 1 aromatic carbocycles. The minimum absolute atomic E-state index is 0.0497. The number of hydrogen-bond donors (Lipinski definition) is 2. The Balaban J connectivity index is 1.59. The second kappa shape index (κ2) is 9.92. The molecule has 1 aromatic rings. The van der Waals surface area contributed by atoms with Crippen molar-refractivity contribution in [3.63, 3.8) is 0 Å². The highest BCUT2D eigenvalue weighted by molar-refractivity contribution is 8.03. The lowest BCUT2D eigenvalue weighted by atomic mass is 9.86. The molecule has 8 nitrogen and oxygen atoms in total. The summed E-state index contributed by atoms with van der Waals surface area (Å²) in [5, 5.41) is 3.58. The molecule has 2 aliphatic carbocycles. The molecule has 200 valence electrons. The van der Waals surface area contributed by atoms with Gasteiger partial charge in [0.1, 0.15) is 17.0 Å². The fourth-order valence-corrected chi connectivity index (χ4v) is 4.98. The van der Waals surface area contributed by atoms with Gasteiger partial charge < -0.3 is 14.8 Å². The molecule has 2 amide bonds. The monoisotopic (exact) mass is 543 g/mol. The predicted octanol–water partition coefficient (Wildman–Crippen LogP) is 4.14. The molecule has 1 heterocycles. The summed E-state index contributed by atoms with van der Waals surface area (Å²) in [7, 11) is 0. The molecule has 2 atom stereocenters. The second-order valence-corrected chi connectivity index (χ2v) is 10.7. The molecule has 1 saturated carbocycles. The Morgan fingerprint density at radius 1 is 1.22 bits per heavy atom. The summed E-state index contributed by atoms with van der Waals surface area (Å²) in [6.45, 7) is 2.04. The maximum atomic E-state index is 13.5. The van der Waals surface area contributed by atoms with Crippen LogP contribution in [0.3, 0.4) is 0 Å². The largest absolute Gasteiger partial charge is 0.443 e. The Bertz CT molecular complexity index is 1160. The number of alkyl halides is 4. The highest BCUT2D eigenvalue weighted by Crippen LogP contribution is 2.44. The number of nitrogens with zero attached hydrogens (tertiary/aromatic N) is 1. The first-order valence-electron chi connectivity index (χ1n) is 11.4. The smallest absolute Gasteiger partial charge is 0.426 e. The van der Waals surface area contributed by atoms with Gasteiger partial charge in [0, 0.05) is 12.3 Å². The van der Waals surface area contributed by atoms with Gasteiger partial charge in [-0.15, -0.1) is 0 Å². The number of amides is 2. The highest BCUT2D eigenvalue weighted by atomic mass is 32.2. The summed E-state index contributed by atoms with van der Waals surface area (Å²) in [6.07, 6.45) is 0.238. The molecule has 1 unspecified atom stereocenters. The first kappa shape index (κ1) is 26.8. The van der Waals surface area contributed by atoms with E-state index in [1.54, 1.807) is 20.8 Å². The number of rotatable bonds is 7. The van der Waals surface area contributed by atoms with Gasteiger partial charge in [0.05, 0.1) is 22.4 Å². The van der Waals surface area contributed by atoms with Crippen LogP contribution in [0.25, 0.3) is 0 Å². The third kappa shape index (κ3) is 6.38. The molecule has 0 saturated heterocycles. The van der Waals surface area contributed by atoms with Crippen molar-refractivity contribution in [1.29, 1.82) is 0 Å². The number of allylic oxidation sites excluding steroid dienone is 2. The number of thioether (sulfide) groups is 1. The maximum Gasteiger partial charge on any atom is 0.426 e. The van der Waals surface area contributed by atoms with Crippen molar-refractivity contribution in [2.45, 2.75) is 57.8 Å². The molecule has 3 aliphatic rings. The molecule has 37 heavy (non-hydrogen) atoms. The molecule has 4 rings (SSSR count). The maximum absolute atomic E-state index is 13.5. The number of halogens is 4. The number of ketones is 1. The lowest BCUT2D eigenvalue weighted by Crippen LogP contribution is -2.45. The van der Waals surface area contributed by atoms with E-state index in [1.807, 2.05) is 0 Å². The minimum atomic E-state index is -2.98. The fourth-order valence-electron chi connectivity index (χ4n) is 3.86. The molecule has 0 radical (unpaired) electrons. The number of hydrazine groups is 1. The third-order valence-electron chi connectivity index (χ3n) is 5.61. The SMILES string of the molecule is CC(C)(C)OC(=O)NN1CSC2=C1C(=O)C(Cc1ccc(OC(F)F)cc1)C=C2C(=O)N[C@@H]1CC1(F)F. The highest BCUT2D eigenvalue weighted by Gasteiger charge is 2.58. The van der Waals surface area contributed by atoms with E-state index in [2.05, 4.69) is 15.5 Å². The Hall–Kier alpha value is -3.22. The van der Waals surface area contributed by atoms with E-state index in [4.69, 9.17) is 4.74 Å². The van der Waals surface area contributed by atoms with Gasteiger partial charge in [0.25, 0.3) is 11.8 Å². The lowest BCUT2D eigenvalue weighted by molar-refractivity contribution is -0.120. The average molecular weight is 544 g/mol. The van der Waals surface area contributed by atoms with Crippen molar-refractivity contribution in [3.05, 3.63) is 52.1 Å². The van der Waals surface area contributed by atoms with Crippen LogP contribution in [0.15, 0.2) is 46.5 Å². The van der Waals surface area contributed by atoms with Crippen LogP contribution in [0.5, 0.6) is 5.75 Å². The van der Waals surface area contributed by atoms with Gasteiger partial charge >= 0.3 is 12.7 Å². The Kier molecular flexibility index (Phi) is 7.19. The quantitative estimate of drug-likeness (QED) is 0.499. The third-order valence-corrected chi connectivity index (χ3v) is 6.70. The van der Waals surface area contributed by atoms with E-state index in [-0.39, 0.29) is 34.2 Å². The van der Waals surface area contributed by atoms with Crippen molar-refractivity contribution in [3.8, 4) is 5.75 Å². The van der Waals surface area contributed by atoms with E-state index < -0.39 is 54.3 Å².